The molecule has 10 heteroatoms. The number of anilines is 1. The third-order valence-electron chi connectivity index (χ3n) is 6.21. The molecular formula is C27H31N7O2S. The highest BCUT2D eigenvalue weighted by Gasteiger charge is 2.22. The van der Waals surface area contributed by atoms with E-state index in [-0.39, 0.29) is 17.7 Å². The van der Waals surface area contributed by atoms with Crippen molar-refractivity contribution < 1.29 is 4.79 Å². The molecular weight excluding hydrogens is 486 g/mol. The molecule has 2 N–H and O–H groups in total. The number of hydrogen-bond donors (Lipinski definition) is 2. The van der Waals surface area contributed by atoms with Crippen LogP contribution in [-0.2, 0) is 17.8 Å². The molecule has 1 fully saturated rings. The normalized spacial score (nSPS) is 14.8. The first-order valence-electron chi connectivity index (χ1n) is 12.1. The van der Waals surface area contributed by atoms with Gasteiger partial charge in [-0.05, 0) is 58.1 Å². The summed E-state index contributed by atoms with van der Waals surface area (Å²) < 4.78 is 2.09. The molecule has 0 spiro atoms. The van der Waals surface area contributed by atoms with Crippen LogP contribution < -0.4 is 25.4 Å². The van der Waals surface area contributed by atoms with Gasteiger partial charge in [0.1, 0.15) is 21.8 Å². The van der Waals surface area contributed by atoms with Crippen LogP contribution in [0.4, 0.5) is 5.69 Å². The number of aromatic nitrogens is 1. The minimum atomic E-state index is -0.711. The average molecular weight is 518 g/mol. The number of carbonyl (C=O) groups excluding carboxylic acids is 1. The molecule has 3 rings (SSSR count). The van der Waals surface area contributed by atoms with Crippen LogP contribution in [0.3, 0.4) is 0 Å². The van der Waals surface area contributed by atoms with Crippen LogP contribution in [-0.4, -0.2) is 66.6 Å². The lowest BCUT2D eigenvalue weighted by atomic mass is 10.1. The molecule has 0 radical (unpaired) electrons. The number of thiazole rings is 1. The Bertz CT molecular complexity index is 1460. The fraction of sp³-hybridized carbons (Fsp3) is 0.407. The fourth-order valence-electron chi connectivity index (χ4n) is 4.09. The zero-order valence-electron chi connectivity index (χ0n) is 21.4. The van der Waals surface area contributed by atoms with Crippen LogP contribution in [0, 0.1) is 22.7 Å². The summed E-state index contributed by atoms with van der Waals surface area (Å²) in [5.41, 5.74) is 7.24. The second-order valence-electron chi connectivity index (χ2n) is 8.81. The molecule has 9 nitrogen and oxygen atoms in total. The summed E-state index contributed by atoms with van der Waals surface area (Å²) in [5, 5.41) is 23.4. The van der Waals surface area contributed by atoms with E-state index < -0.39 is 5.91 Å². The van der Waals surface area contributed by atoms with Gasteiger partial charge in [0, 0.05) is 37.6 Å². The van der Waals surface area contributed by atoms with Crippen LogP contribution in [0.25, 0.3) is 11.5 Å². The third kappa shape index (κ3) is 7.55. The molecule has 1 aliphatic rings. The minimum absolute atomic E-state index is 0.222. The minimum Gasteiger partial charge on any atom is -0.355 e. The van der Waals surface area contributed by atoms with Gasteiger partial charge in [-0.25, -0.2) is 0 Å². The van der Waals surface area contributed by atoms with Gasteiger partial charge in [0.2, 0.25) is 0 Å². The average Bonchev–Trinajstić information content (AvgIpc) is 3.47. The maximum Gasteiger partial charge on any atom is 0.277 e. The Morgan fingerprint density at radius 1 is 1.35 bits per heavy atom. The zero-order chi connectivity index (χ0) is 26.8. The summed E-state index contributed by atoms with van der Waals surface area (Å²) in [6, 6.07) is 12.3. The van der Waals surface area contributed by atoms with E-state index in [2.05, 4.69) is 58.1 Å². The Morgan fingerprint density at radius 3 is 2.84 bits per heavy atom. The Labute approximate surface area is 220 Å². The van der Waals surface area contributed by atoms with Crippen LogP contribution in [0.15, 0.2) is 40.8 Å². The first-order valence-corrected chi connectivity index (χ1v) is 12.9. The second-order valence-corrected chi connectivity index (χ2v) is 9.81. The summed E-state index contributed by atoms with van der Waals surface area (Å²) in [6.45, 7) is 5.17. The standard InChI is InChI=1S/C27H31N7O2S/c1-4-34-25(17-21(18-29)26(35)31-13-11-28)37-24(27(34)36)8-12-30-22-7-5-6-20(16-22)9-15-33(3)23-10-14-32(2)19-23/h5-7,12,16,23,30H,4,9-10,13-15,19H2,1-3H3,(H,31,35). The number of likely N-dealkylation sites (N-methyl/N-ethyl adjacent to an activating group) is 2. The summed E-state index contributed by atoms with van der Waals surface area (Å²) >= 11 is 1.09. The van der Waals surface area contributed by atoms with Gasteiger partial charge in [-0.2, -0.15) is 10.5 Å². The van der Waals surface area contributed by atoms with Crippen molar-refractivity contribution in [3.05, 3.63) is 61.2 Å². The van der Waals surface area contributed by atoms with E-state index in [1.54, 1.807) is 25.3 Å². The fourth-order valence-corrected chi connectivity index (χ4v) is 5.08. The van der Waals surface area contributed by atoms with Gasteiger partial charge in [-0.1, -0.05) is 34.9 Å². The van der Waals surface area contributed by atoms with Crippen molar-refractivity contribution in [2.24, 2.45) is 0 Å². The van der Waals surface area contributed by atoms with E-state index >= 15 is 0 Å². The maximum atomic E-state index is 12.8. The number of rotatable bonds is 9. The molecule has 0 saturated carbocycles. The number of nitrogens with one attached hydrogen (secondary N) is 2. The highest BCUT2D eigenvalue weighted by molar-refractivity contribution is 7.07. The predicted octanol–water partition coefficient (Wildman–Crippen LogP) is 0.582. The van der Waals surface area contributed by atoms with Gasteiger partial charge in [-0.3, -0.25) is 14.2 Å². The van der Waals surface area contributed by atoms with Crippen molar-refractivity contribution >= 4 is 34.4 Å². The predicted molar refractivity (Wildman–Crippen MR) is 145 cm³/mol. The lowest BCUT2D eigenvalue weighted by molar-refractivity contribution is -0.116. The molecule has 1 amide bonds. The van der Waals surface area contributed by atoms with Crippen molar-refractivity contribution in [3.63, 3.8) is 0 Å². The van der Waals surface area contributed by atoms with Crippen LogP contribution in [0.5, 0.6) is 0 Å². The molecule has 2 heterocycles. The molecule has 0 aliphatic carbocycles. The van der Waals surface area contributed by atoms with Crippen LogP contribution >= 0.6 is 11.3 Å². The molecule has 1 saturated heterocycles. The smallest absolute Gasteiger partial charge is 0.277 e. The van der Waals surface area contributed by atoms with Crippen molar-refractivity contribution in [2.45, 2.75) is 32.4 Å². The van der Waals surface area contributed by atoms with Crippen LogP contribution in [0.1, 0.15) is 18.9 Å². The molecule has 1 aromatic carbocycles. The molecule has 1 aromatic heterocycles. The first-order chi connectivity index (χ1) is 17.9. The maximum absolute atomic E-state index is 12.8. The quantitative estimate of drug-likeness (QED) is 0.284. The van der Waals surface area contributed by atoms with Crippen molar-refractivity contribution in [2.75, 3.05) is 45.6 Å². The lowest BCUT2D eigenvalue weighted by Gasteiger charge is -2.24. The number of benzene rings is 1. The second kappa shape index (κ2) is 13.4. The third-order valence-corrected chi connectivity index (χ3v) is 7.22. The Kier molecular flexibility index (Phi) is 10.1. The monoisotopic (exact) mass is 517 g/mol. The number of hydrogen-bond acceptors (Lipinski definition) is 8. The first kappa shape index (κ1) is 27.7. The molecule has 1 aliphatic heterocycles. The van der Waals surface area contributed by atoms with Gasteiger partial charge >= 0.3 is 0 Å². The molecule has 1 unspecified atom stereocenters. The summed E-state index contributed by atoms with van der Waals surface area (Å²) in [6.07, 6.45) is 3.74. The lowest BCUT2D eigenvalue weighted by Crippen LogP contribution is -2.35. The van der Waals surface area contributed by atoms with Gasteiger partial charge in [0.25, 0.3) is 11.5 Å². The molecule has 2 aromatic rings. The molecule has 0 bridgehead atoms. The SMILES string of the molecule is CCn1c(=C=C(C#N)C(=O)NCC#N)sc(=C=CNc2cccc(CCN(C)C3CCN(C)C3)c2)c1=O. The van der Waals surface area contributed by atoms with Crippen molar-refractivity contribution in [1.82, 2.24) is 19.7 Å². The van der Waals surface area contributed by atoms with E-state index in [4.69, 9.17) is 5.26 Å². The van der Waals surface area contributed by atoms with Gasteiger partial charge in [0.05, 0.1) is 6.07 Å². The number of carbonyl (C=O) groups is 1. The Morgan fingerprint density at radius 2 is 2.16 bits per heavy atom. The van der Waals surface area contributed by atoms with E-state index in [9.17, 15) is 14.9 Å². The van der Waals surface area contributed by atoms with Gasteiger partial charge < -0.3 is 20.4 Å². The number of amides is 1. The molecule has 192 valence electrons. The summed E-state index contributed by atoms with van der Waals surface area (Å²) in [7, 11) is 4.35. The van der Waals surface area contributed by atoms with Crippen molar-refractivity contribution in [1.29, 1.82) is 10.5 Å². The highest BCUT2D eigenvalue weighted by Crippen LogP contribution is 2.15. The number of likely N-dealkylation sites (tertiary alicyclic amines) is 1. The largest absolute Gasteiger partial charge is 0.355 e. The summed E-state index contributed by atoms with van der Waals surface area (Å²) in [5.74, 6) is -0.711. The Balaban J connectivity index is 1.79. The van der Waals surface area contributed by atoms with E-state index in [0.29, 0.717) is 21.8 Å². The molecule has 1 atom stereocenters. The van der Waals surface area contributed by atoms with E-state index in [1.165, 1.54) is 16.6 Å². The molecule has 37 heavy (non-hydrogen) atoms. The summed E-state index contributed by atoms with van der Waals surface area (Å²) in [4.78, 5) is 29.6. The van der Waals surface area contributed by atoms with Crippen molar-refractivity contribution in [3.8, 4) is 12.1 Å². The van der Waals surface area contributed by atoms with E-state index in [1.807, 2.05) is 12.1 Å². The highest BCUT2D eigenvalue weighted by atomic mass is 32.1. The Hall–Kier alpha value is -3.88. The van der Waals surface area contributed by atoms with E-state index in [0.717, 1.165) is 43.1 Å². The zero-order valence-corrected chi connectivity index (χ0v) is 22.2. The van der Waals surface area contributed by atoms with Gasteiger partial charge in [-0.15, -0.1) is 0 Å². The topological polar surface area (TPSA) is 117 Å². The number of nitriles is 2. The van der Waals surface area contributed by atoms with Gasteiger partial charge in [0.15, 0.2) is 5.57 Å². The number of nitrogens with zero attached hydrogens (tertiary/aromatic N) is 5. The van der Waals surface area contributed by atoms with Crippen LogP contribution in [0.2, 0.25) is 0 Å².